The first kappa shape index (κ1) is 15.4. The Morgan fingerprint density at radius 2 is 2.00 bits per heavy atom. The van der Waals surface area contributed by atoms with Gasteiger partial charge in [0.15, 0.2) is 0 Å². The summed E-state index contributed by atoms with van der Waals surface area (Å²) in [7, 11) is 1.37. The van der Waals surface area contributed by atoms with Gasteiger partial charge < -0.3 is 15.2 Å². The Bertz CT molecular complexity index is 284. The van der Waals surface area contributed by atoms with E-state index in [0.717, 1.165) is 13.1 Å². The summed E-state index contributed by atoms with van der Waals surface area (Å²) in [5, 5.41) is 0. The molecule has 0 amide bonds. The maximum atomic E-state index is 11.6. The third kappa shape index (κ3) is 3.93. The molecule has 1 aliphatic heterocycles. The Balaban J connectivity index is 2.59. The molecule has 106 valence electrons. The zero-order chi connectivity index (χ0) is 13.9. The van der Waals surface area contributed by atoms with Crippen LogP contribution in [-0.4, -0.2) is 54.9 Å². The number of esters is 1. The Morgan fingerprint density at radius 3 is 2.44 bits per heavy atom. The number of carbonyl (C=O) groups is 1. The van der Waals surface area contributed by atoms with Crippen LogP contribution in [0.25, 0.3) is 0 Å². The van der Waals surface area contributed by atoms with Gasteiger partial charge in [0.2, 0.25) is 0 Å². The maximum Gasteiger partial charge on any atom is 0.325 e. The topological polar surface area (TPSA) is 64.8 Å². The quantitative estimate of drug-likeness (QED) is 0.754. The predicted octanol–water partition coefficient (Wildman–Crippen LogP) is 0.765. The van der Waals surface area contributed by atoms with Crippen molar-refractivity contribution >= 4 is 5.97 Å². The minimum atomic E-state index is -0.932. The fourth-order valence-corrected chi connectivity index (χ4v) is 2.64. The van der Waals surface area contributed by atoms with Crippen molar-refractivity contribution in [2.24, 2.45) is 5.73 Å². The van der Waals surface area contributed by atoms with Crippen LogP contribution in [0.5, 0.6) is 0 Å². The highest BCUT2D eigenvalue weighted by Gasteiger charge is 2.35. The van der Waals surface area contributed by atoms with E-state index in [1.54, 1.807) is 6.92 Å². The van der Waals surface area contributed by atoms with Crippen molar-refractivity contribution in [2.75, 3.05) is 20.2 Å². The summed E-state index contributed by atoms with van der Waals surface area (Å²) in [6.45, 7) is 9.71. The van der Waals surface area contributed by atoms with Crippen LogP contribution < -0.4 is 5.73 Å². The molecule has 0 spiro atoms. The molecule has 0 aromatic heterocycles. The minimum absolute atomic E-state index is 0.221. The van der Waals surface area contributed by atoms with Crippen LogP contribution in [0.3, 0.4) is 0 Å². The number of hydrogen-bond donors (Lipinski definition) is 1. The lowest BCUT2D eigenvalue weighted by Gasteiger charge is -2.40. The summed E-state index contributed by atoms with van der Waals surface area (Å²) in [5.41, 5.74) is 5.08. The van der Waals surface area contributed by atoms with Gasteiger partial charge in [-0.05, 0) is 34.1 Å². The van der Waals surface area contributed by atoms with Gasteiger partial charge in [0.05, 0.1) is 19.3 Å². The average molecular weight is 258 g/mol. The number of hydrogen-bond acceptors (Lipinski definition) is 5. The van der Waals surface area contributed by atoms with E-state index in [2.05, 4.69) is 25.7 Å². The molecule has 0 bridgehead atoms. The van der Waals surface area contributed by atoms with E-state index in [0.29, 0.717) is 6.42 Å². The average Bonchev–Trinajstić information content (AvgIpc) is 2.25. The fraction of sp³-hybridized carbons (Fsp3) is 0.923. The summed E-state index contributed by atoms with van der Waals surface area (Å²) < 4.78 is 10.4. The predicted molar refractivity (Wildman–Crippen MR) is 70.3 cm³/mol. The SMILES string of the molecule is COC(=O)C(C)(N)CC(C)N1C[C@@H](C)O[C@@H](C)C1. The highest BCUT2D eigenvalue weighted by molar-refractivity contribution is 5.79. The number of methoxy groups -OCH3 is 1. The summed E-state index contributed by atoms with van der Waals surface area (Å²) in [6.07, 6.45) is 1.02. The number of rotatable bonds is 4. The van der Waals surface area contributed by atoms with Crippen molar-refractivity contribution in [3.05, 3.63) is 0 Å². The molecule has 0 aromatic rings. The summed E-state index contributed by atoms with van der Waals surface area (Å²) >= 11 is 0. The molecular weight excluding hydrogens is 232 g/mol. The standard InChI is InChI=1S/C13H26N2O3/c1-9(6-13(4,14)12(16)17-5)15-7-10(2)18-11(3)8-15/h9-11H,6-8,14H2,1-5H3/t9?,10-,11+,13?. The second-order valence-electron chi connectivity index (χ2n) is 5.67. The molecule has 1 fully saturated rings. The van der Waals surface area contributed by atoms with Gasteiger partial charge in [-0.1, -0.05) is 0 Å². The molecule has 0 aromatic carbocycles. The third-order valence-electron chi connectivity index (χ3n) is 3.44. The Hall–Kier alpha value is -0.650. The largest absolute Gasteiger partial charge is 0.468 e. The van der Waals surface area contributed by atoms with Gasteiger partial charge in [-0.15, -0.1) is 0 Å². The molecule has 2 unspecified atom stereocenters. The molecule has 2 N–H and O–H groups in total. The van der Waals surface area contributed by atoms with Crippen LogP contribution in [-0.2, 0) is 14.3 Å². The summed E-state index contributed by atoms with van der Waals surface area (Å²) in [6, 6.07) is 0.230. The first-order chi connectivity index (χ1) is 8.26. The molecule has 0 radical (unpaired) electrons. The molecule has 1 heterocycles. The zero-order valence-electron chi connectivity index (χ0n) is 12.1. The second kappa shape index (κ2) is 5.99. The first-order valence-electron chi connectivity index (χ1n) is 6.53. The highest BCUT2D eigenvalue weighted by atomic mass is 16.5. The van der Waals surface area contributed by atoms with Crippen LogP contribution in [0.1, 0.15) is 34.1 Å². The number of ether oxygens (including phenoxy) is 2. The summed E-state index contributed by atoms with van der Waals surface area (Å²) in [5.74, 6) is -0.358. The lowest BCUT2D eigenvalue weighted by atomic mass is 9.93. The van der Waals surface area contributed by atoms with Gasteiger partial charge in [-0.25, -0.2) is 0 Å². The smallest absolute Gasteiger partial charge is 0.325 e. The van der Waals surface area contributed by atoms with Gasteiger partial charge in [0, 0.05) is 19.1 Å². The molecule has 0 aliphatic carbocycles. The van der Waals surface area contributed by atoms with E-state index in [1.807, 2.05) is 0 Å². The molecule has 5 heteroatoms. The van der Waals surface area contributed by atoms with Gasteiger partial charge in [-0.3, -0.25) is 9.69 Å². The molecular formula is C13H26N2O3. The number of morpholine rings is 1. The number of carbonyl (C=O) groups excluding carboxylic acids is 1. The monoisotopic (exact) mass is 258 g/mol. The van der Waals surface area contributed by atoms with E-state index >= 15 is 0 Å². The van der Waals surface area contributed by atoms with Crippen molar-refractivity contribution in [1.29, 1.82) is 0 Å². The fourth-order valence-electron chi connectivity index (χ4n) is 2.64. The van der Waals surface area contributed by atoms with E-state index in [9.17, 15) is 4.79 Å². The third-order valence-corrected chi connectivity index (χ3v) is 3.44. The lowest BCUT2D eigenvalue weighted by molar-refractivity contribution is -0.147. The van der Waals surface area contributed by atoms with Crippen molar-refractivity contribution < 1.29 is 14.3 Å². The molecule has 1 rings (SSSR count). The van der Waals surface area contributed by atoms with Crippen LogP contribution in [0.15, 0.2) is 0 Å². The molecule has 5 nitrogen and oxygen atoms in total. The van der Waals surface area contributed by atoms with Crippen molar-refractivity contribution in [1.82, 2.24) is 4.90 Å². The van der Waals surface area contributed by atoms with Crippen LogP contribution in [0, 0.1) is 0 Å². The van der Waals surface area contributed by atoms with Crippen LogP contribution >= 0.6 is 0 Å². The maximum absolute atomic E-state index is 11.6. The van der Waals surface area contributed by atoms with Gasteiger partial charge in [0.25, 0.3) is 0 Å². The first-order valence-corrected chi connectivity index (χ1v) is 6.53. The Labute approximate surface area is 110 Å². The van der Waals surface area contributed by atoms with Crippen molar-refractivity contribution in [3.8, 4) is 0 Å². The molecule has 0 saturated carbocycles. The Kier molecular flexibility index (Phi) is 5.13. The Morgan fingerprint density at radius 1 is 1.50 bits per heavy atom. The van der Waals surface area contributed by atoms with Crippen molar-refractivity contribution in [3.63, 3.8) is 0 Å². The molecule has 18 heavy (non-hydrogen) atoms. The van der Waals surface area contributed by atoms with E-state index in [1.165, 1.54) is 7.11 Å². The summed E-state index contributed by atoms with van der Waals surface area (Å²) in [4.78, 5) is 13.9. The normalized spacial score (nSPS) is 30.6. The van der Waals surface area contributed by atoms with E-state index in [4.69, 9.17) is 15.2 Å². The van der Waals surface area contributed by atoms with Gasteiger partial charge in [-0.2, -0.15) is 0 Å². The number of nitrogens with two attached hydrogens (primary N) is 1. The van der Waals surface area contributed by atoms with Gasteiger partial charge in [0.1, 0.15) is 5.54 Å². The van der Waals surface area contributed by atoms with Gasteiger partial charge >= 0.3 is 5.97 Å². The van der Waals surface area contributed by atoms with Crippen LogP contribution in [0.4, 0.5) is 0 Å². The molecule has 4 atom stereocenters. The zero-order valence-corrected chi connectivity index (χ0v) is 12.1. The highest BCUT2D eigenvalue weighted by Crippen LogP contribution is 2.19. The van der Waals surface area contributed by atoms with Crippen LogP contribution in [0.2, 0.25) is 0 Å². The molecule has 1 aliphatic rings. The number of nitrogens with zero attached hydrogens (tertiary/aromatic N) is 1. The second-order valence-corrected chi connectivity index (χ2v) is 5.67. The molecule has 1 saturated heterocycles. The lowest BCUT2D eigenvalue weighted by Crippen LogP contribution is -2.54. The van der Waals surface area contributed by atoms with E-state index in [-0.39, 0.29) is 24.2 Å². The minimum Gasteiger partial charge on any atom is -0.468 e. The van der Waals surface area contributed by atoms with Crippen molar-refractivity contribution in [2.45, 2.75) is 57.9 Å². The van der Waals surface area contributed by atoms with E-state index < -0.39 is 5.54 Å².